The average molecular weight is 331 g/mol. The van der Waals surface area contributed by atoms with E-state index < -0.39 is 18.6 Å². The first-order valence-electron chi connectivity index (χ1n) is 5.11. The van der Waals surface area contributed by atoms with E-state index in [1.165, 1.54) is 18.2 Å². The molecule has 1 aromatic carbocycles. The maximum atomic E-state index is 12.7. The van der Waals surface area contributed by atoms with Gasteiger partial charge < -0.3 is 9.47 Å². The number of ether oxygens (including phenoxy) is 2. The van der Waals surface area contributed by atoms with Crippen LogP contribution in [-0.2, 0) is 4.74 Å². The minimum absolute atomic E-state index is 0.0433. The molecule has 0 aliphatic carbocycles. The Morgan fingerprint density at radius 3 is 2.50 bits per heavy atom. The van der Waals surface area contributed by atoms with Crippen LogP contribution in [-0.4, -0.2) is 26.0 Å². The van der Waals surface area contributed by atoms with Gasteiger partial charge >= 0.3 is 6.18 Å². The third kappa shape index (κ3) is 6.20. The molecule has 0 atom stereocenters. The SMILES string of the molecule is Fc1ccc(OCCCOCC(F)(F)F)c(Br)c1. The quantitative estimate of drug-likeness (QED) is 0.581. The van der Waals surface area contributed by atoms with E-state index in [0.717, 1.165) is 0 Å². The summed E-state index contributed by atoms with van der Waals surface area (Å²) in [4.78, 5) is 0. The van der Waals surface area contributed by atoms with Crippen molar-refractivity contribution in [2.45, 2.75) is 12.6 Å². The van der Waals surface area contributed by atoms with Crippen molar-refractivity contribution in [3.05, 3.63) is 28.5 Å². The van der Waals surface area contributed by atoms with Crippen LogP contribution in [0.1, 0.15) is 6.42 Å². The molecule has 0 aliphatic rings. The molecule has 0 saturated carbocycles. The molecule has 0 saturated heterocycles. The van der Waals surface area contributed by atoms with Crippen LogP contribution in [0, 0.1) is 5.82 Å². The van der Waals surface area contributed by atoms with E-state index in [9.17, 15) is 17.6 Å². The molecule has 1 rings (SSSR count). The fourth-order valence-electron chi connectivity index (χ4n) is 1.12. The fraction of sp³-hybridized carbons (Fsp3) is 0.455. The van der Waals surface area contributed by atoms with Crippen molar-refractivity contribution in [1.82, 2.24) is 0 Å². The summed E-state index contributed by atoms with van der Waals surface area (Å²) in [5, 5.41) is 0. The second-order valence-corrected chi connectivity index (χ2v) is 4.30. The van der Waals surface area contributed by atoms with Crippen LogP contribution < -0.4 is 4.74 Å². The number of alkyl halides is 3. The summed E-state index contributed by atoms with van der Waals surface area (Å²) in [5.74, 6) is 0.0370. The lowest BCUT2D eigenvalue weighted by Gasteiger charge is -2.09. The van der Waals surface area contributed by atoms with Crippen LogP contribution in [0.5, 0.6) is 5.75 Å². The topological polar surface area (TPSA) is 18.5 Å². The van der Waals surface area contributed by atoms with Crippen LogP contribution in [0.3, 0.4) is 0 Å². The number of hydrogen-bond acceptors (Lipinski definition) is 2. The highest BCUT2D eigenvalue weighted by molar-refractivity contribution is 9.10. The molecule has 0 aromatic heterocycles. The third-order valence-electron chi connectivity index (χ3n) is 1.85. The lowest BCUT2D eigenvalue weighted by Crippen LogP contribution is -2.18. The van der Waals surface area contributed by atoms with E-state index in [4.69, 9.17) is 4.74 Å². The number of hydrogen-bond donors (Lipinski definition) is 0. The molecular weight excluding hydrogens is 320 g/mol. The highest BCUT2D eigenvalue weighted by Gasteiger charge is 2.27. The lowest BCUT2D eigenvalue weighted by molar-refractivity contribution is -0.174. The largest absolute Gasteiger partial charge is 0.492 e. The van der Waals surface area contributed by atoms with Gasteiger partial charge in [0.05, 0.1) is 17.7 Å². The molecule has 0 radical (unpaired) electrons. The van der Waals surface area contributed by atoms with Crippen LogP contribution >= 0.6 is 15.9 Å². The maximum Gasteiger partial charge on any atom is 0.411 e. The predicted molar refractivity (Wildman–Crippen MR) is 61.1 cm³/mol. The normalized spacial score (nSPS) is 11.6. The standard InChI is InChI=1S/C11H11BrF4O2/c12-9-6-8(13)2-3-10(9)18-5-1-4-17-7-11(14,15)16/h2-3,6H,1,4-5,7H2. The number of benzene rings is 1. The van der Waals surface area contributed by atoms with Gasteiger partial charge in [0, 0.05) is 6.42 Å². The lowest BCUT2D eigenvalue weighted by atomic mass is 10.3. The molecule has 1 aromatic rings. The first-order chi connectivity index (χ1) is 8.38. The van der Waals surface area contributed by atoms with Gasteiger partial charge in [0.15, 0.2) is 0 Å². The molecule has 0 N–H and O–H groups in total. The second kappa shape index (κ2) is 6.94. The Morgan fingerprint density at radius 2 is 1.89 bits per heavy atom. The Bertz CT molecular complexity index is 382. The summed E-state index contributed by atoms with van der Waals surface area (Å²) in [6, 6.07) is 3.92. The Hall–Kier alpha value is -0.820. The highest BCUT2D eigenvalue weighted by atomic mass is 79.9. The van der Waals surface area contributed by atoms with E-state index in [0.29, 0.717) is 16.6 Å². The van der Waals surface area contributed by atoms with Gasteiger partial charge in [-0.25, -0.2) is 4.39 Å². The van der Waals surface area contributed by atoms with Gasteiger partial charge in [-0.2, -0.15) is 13.2 Å². The van der Waals surface area contributed by atoms with Crippen molar-refractivity contribution in [3.63, 3.8) is 0 Å². The van der Waals surface area contributed by atoms with E-state index in [2.05, 4.69) is 20.7 Å². The summed E-state index contributed by atoms with van der Waals surface area (Å²) < 4.78 is 58.0. The molecule has 0 heterocycles. The van der Waals surface area contributed by atoms with E-state index >= 15 is 0 Å². The van der Waals surface area contributed by atoms with Crippen molar-refractivity contribution in [2.24, 2.45) is 0 Å². The number of halogens is 5. The molecule has 0 unspecified atom stereocenters. The smallest absolute Gasteiger partial charge is 0.411 e. The van der Waals surface area contributed by atoms with Crippen molar-refractivity contribution in [1.29, 1.82) is 0 Å². The summed E-state index contributed by atoms with van der Waals surface area (Å²) in [5.41, 5.74) is 0. The minimum atomic E-state index is -4.30. The highest BCUT2D eigenvalue weighted by Crippen LogP contribution is 2.25. The van der Waals surface area contributed by atoms with E-state index in [1.54, 1.807) is 0 Å². The van der Waals surface area contributed by atoms with Crippen molar-refractivity contribution in [3.8, 4) is 5.75 Å². The fourth-order valence-corrected chi connectivity index (χ4v) is 1.59. The first-order valence-corrected chi connectivity index (χ1v) is 5.90. The van der Waals surface area contributed by atoms with Gasteiger partial charge in [-0.05, 0) is 34.1 Å². The van der Waals surface area contributed by atoms with Crippen LogP contribution in [0.25, 0.3) is 0 Å². The Labute approximate surface area is 110 Å². The molecule has 0 fully saturated rings. The summed E-state index contributed by atoms with van der Waals surface area (Å²) in [7, 11) is 0. The van der Waals surface area contributed by atoms with Gasteiger partial charge in [-0.3, -0.25) is 0 Å². The van der Waals surface area contributed by atoms with Gasteiger partial charge in [-0.15, -0.1) is 0 Å². The van der Waals surface area contributed by atoms with Crippen LogP contribution in [0.15, 0.2) is 22.7 Å². The van der Waals surface area contributed by atoms with E-state index in [-0.39, 0.29) is 13.2 Å². The predicted octanol–water partition coefficient (Wildman–Crippen LogP) is 3.94. The molecule has 2 nitrogen and oxygen atoms in total. The van der Waals surface area contributed by atoms with Gasteiger partial charge in [0.25, 0.3) is 0 Å². The number of rotatable bonds is 6. The van der Waals surface area contributed by atoms with Gasteiger partial charge in [0.2, 0.25) is 0 Å². The first kappa shape index (κ1) is 15.2. The Balaban J connectivity index is 2.18. The van der Waals surface area contributed by atoms with Crippen molar-refractivity contribution >= 4 is 15.9 Å². The summed E-state index contributed by atoms with van der Waals surface area (Å²) in [6.45, 7) is -1.10. The van der Waals surface area contributed by atoms with Gasteiger partial charge in [-0.1, -0.05) is 0 Å². The van der Waals surface area contributed by atoms with E-state index in [1.807, 2.05) is 0 Å². The summed E-state index contributed by atoms with van der Waals surface area (Å²) in [6.07, 6.45) is -3.99. The molecule has 0 bridgehead atoms. The maximum absolute atomic E-state index is 12.7. The Morgan fingerprint density at radius 1 is 1.17 bits per heavy atom. The summed E-state index contributed by atoms with van der Waals surface area (Å²) >= 11 is 3.11. The molecule has 0 aliphatic heterocycles. The zero-order valence-electron chi connectivity index (χ0n) is 9.27. The minimum Gasteiger partial charge on any atom is -0.492 e. The molecule has 0 spiro atoms. The molecule has 102 valence electrons. The van der Waals surface area contributed by atoms with Crippen molar-refractivity contribution in [2.75, 3.05) is 19.8 Å². The zero-order valence-corrected chi connectivity index (χ0v) is 10.9. The molecule has 18 heavy (non-hydrogen) atoms. The second-order valence-electron chi connectivity index (χ2n) is 3.44. The molecular formula is C11H11BrF4O2. The molecule has 7 heteroatoms. The third-order valence-corrected chi connectivity index (χ3v) is 2.47. The Kier molecular flexibility index (Phi) is 5.87. The van der Waals surface area contributed by atoms with Crippen LogP contribution in [0.4, 0.5) is 17.6 Å². The van der Waals surface area contributed by atoms with Crippen molar-refractivity contribution < 1.29 is 27.0 Å². The average Bonchev–Trinajstić information content (AvgIpc) is 2.24. The van der Waals surface area contributed by atoms with Gasteiger partial charge in [0.1, 0.15) is 18.2 Å². The monoisotopic (exact) mass is 330 g/mol. The van der Waals surface area contributed by atoms with Crippen LogP contribution in [0.2, 0.25) is 0 Å². The zero-order chi connectivity index (χ0) is 13.6. The molecule has 0 amide bonds.